The second-order valence-electron chi connectivity index (χ2n) is 8.81. The minimum absolute atomic E-state index is 0.209. The van der Waals surface area contributed by atoms with E-state index in [1.807, 2.05) is 12.3 Å². The molecule has 2 saturated heterocycles. The van der Waals surface area contributed by atoms with Gasteiger partial charge in [-0.1, -0.05) is 18.2 Å². The number of anilines is 1. The van der Waals surface area contributed by atoms with Gasteiger partial charge in [-0.05, 0) is 36.4 Å². The lowest BCUT2D eigenvalue weighted by molar-refractivity contribution is 0.0237. The van der Waals surface area contributed by atoms with Gasteiger partial charge in [0, 0.05) is 69.6 Å². The zero-order valence-corrected chi connectivity index (χ0v) is 18.8. The highest BCUT2D eigenvalue weighted by Crippen LogP contribution is 2.25. The van der Waals surface area contributed by atoms with Crippen molar-refractivity contribution in [2.24, 2.45) is 0 Å². The molecule has 0 N–H and O–H groups in total. The normalized spacial score (nSPS) is 18.1. The van der Waals surface area contributed by atoms with Crippen LogP contribution in [0.4, 0.5) is 5.69 Å². The van der Waals surface area contributed by atoms with Gasteiger partial charge in [0.05, 0.1) is 25.1 Å². The van der Waals surface area contributed by atoms with Crippen LogP contribution < -0.4 is 9.64 Å². The van der Waals surface area contributed by atoms with E-state index in [2.05, 4.69) is 75.2 Å². The first-order valence-electron chi connectivity index (χ1n) is 11.6. The molecule has 2 aliphatic rings. The van der Waals surface area contributed by atoms with E-state index in [9.17, 15) is 0 Å². The highest BCUT2D eigenvalue weighted by Gasteiger charge is 2.18. The fraction of sp³-hybridized carbons (Fsp3) is 0.423. The van der Waals surface area contributed by atoms with E-state index in [1.54, 1.807) is 0 Å². The van der Waals surface area contributed by atoms with Crippen LogP contribution in [0.1, 0.15) is 24.0 Å². The van der Waals surface area contributed by atoms with Crippen LogP contribution in [0.5, 0.6) is 5.88 Å². The molecule has 32 heavy (non-hydrogen) atoms. The summed E-state index contributed by atoms with van der Waals surface area (Å²) >= 11 is 0. The maximum atomic E-state index is 6.00. The standard InChI is InChI=1S/C26H32N4O2/c1-28-12-14-29(15-13-28)25-5-3-2-4-22(25)18-21-8-11-30(20-21)23-6-7-26(27-19-23)32-24-9-16-31-17-10-24/h2-8,11,19-20,24H,9-10,12-18H2,1H3. The first kappa shape index (κ1) is 21.0. The summed E-state index contributed by atoms with van der Waals surface area (Å²) in [5, 5.41) is 0. The number of pyridine rings is 1. The third kappa shape index (κ3) is 4.97. The molecule has 1 aromatic carbocycles. The average Bonchev–Trinajstić information content (AvgIpc) is 3.30. The molecule has 5 rings (SSSR count). The number of hydrogen-bond acceptors (Lipinski definition) is 5. The molecule has 0 radical (unpaired) electrons. The predicted molar refractivity (Wildman–Crippen MR) is 127 cm³/mol. The summed E-state index contributed by atoms with van der Waals surface area (Å²) in [6, 6.07) is 15.1. The van der Waals surface area contributed by atoms with Crippen LogP contribution in [0.3, 0.4) is 0 Å². The molecule has 0 saturated carbocycles. The van der Waals surface area contributed by atoms with Crippen LogP contribution >= 0.6 is 0 Å². The number of para-hydroxylation sites is 1. The summed E-state index contributed by atoms with van der Waals surface area (Å²) in [7, 11) is 2.20. The summed E-state index contributed by atoms with van der Waals surface area (Å²) in [5.41, 5.74) is 5.09. The Morgan fingerprint density at radius 2 is 1.81 bits per heavy atom. The molecule has 168 valence electrons. The van der Waals surface area contributed by atoms with Gasteiger partial charge in [0.2, 0.25) is 5.88 Å². The zero-order valence-electron chi connectivity index (χ0n) is 18.8. The largest absolute Gasteiger partial charge is 0.474 e. The van der Waals surface area contributed by atoms with E-state index < -0.39 is 0 Å². The maximum absolute atomic E-state index is 6.00. The maximum Gasteiger partial charge on any atom is 0.213 e. The molecule has 6 heteroatoms. The fourth-order valence-electron chi connectivity index (χ4n) is 4.50. The highest BCUT2D eigenvalue weighted by molar-refractivity contribution is 5.55. The Morgan fingerprint density at radius 3 is 2.59 bits per heavy atom. The van der Waals surface area contributed by atoms with Crippen LogP contribution in [0, 0.1) is 0 Å². The second kappa shape index (κ2) is 9.76. The highest BCUT2D eigenvalue weighted by atomic mass is 16.5. The van der Waals surface area contributed by atoms with Gasteiger partial charge < -0.3 is 23.8 Å². The number of likely N-dealkylation sites (N-methyl/N-ethyl adjacent to an activating group) is 1. The lowest BCUT2D eigenvalue weighted by atomic mass is 10.0. The molecule has 4 heterocycles. The SMILES string of the molecule is CN1CCN(c2ccccc2Cc2ccn(-c3ccc(OC4CCOCC4)nc3)c2)CC1. The summed E-state index contributed by atoms with van der Waals surface area (Å²) < 4.78 is 13.5. The second-order valence-corrected chi connectivity index (χ2v) is 8.81. The van der Waals surface area contributed by atoms with Crippen molar-refractivity contribution in [2.75, 3.05) is 51.3 Å². The van der Waals surface area contributed by atoms with Crippen LogP contribution in [0.2, 0.25) is 0 Å². The Kier molecular flexibility index (Phi) is 6.41. The Balaban J connectivity index is 1.25. The van der Waals surface area contributed by atoms with E-state index in [4.69, 9.17) is 9.47 Å². The lowest BCUT2D eigenvalue weighted by Crippen LogP contribution is -2.44. The first-order chi connectivity index (χ1) is 15.7. The molecule has 0 atom stereocenters. The minimum atomic E-state index is 0.209. The van der Waals surface area contributed by atoms with E-state index in [-0.39, 0.29) is 6.10 Å². The summed E-state index contributed by atoms with van der Waals surface area (Å²) in [6.45, 7) is 5.95. The molecule has 0 aliphatic carbocycles. The molecule has 3 aromatic rings. The fourth-order valence-corrected chi connectivity index (χ4v) is 4.50. The van der Waals surface area contributed by atoms with Gasteiger partial charge in [0.1, 0.15) is 6.10 Å². The molecule has 6 nitrogen and oxygen atoms in total. The van der Waals surface area contributed by atoms with E-state index in [0.717, 1.165) is 64.3 Å². The Hall–Kier alpha value is -2.83. The van der Waals surface area contributed by atoms with Gasteiger partial charge in [0.25, 0.3) is 0 Å². The number of piperazine rings is 1. The van der Waals surface area contributed by atoms with Crippen LogP contribution in [0.15, 0.2) is 61.1 Å². The number of aromatic nitrogens is 2. The molecule has 0 amide bonds. The van der Waals surface area contributed by atoms with Crippen LogP contribution in [-0.4, -0.2) is 67.0 Å². The van der Waals surface area contributed by atoms with Crippen LogP contribution in [0.25, 0.3) is 5.69 Å². The first-order valence-corrected chi connectivity index (χ1v) is 11.6. The van der Waals surface area contributed by atoms with Gasteiger partial charge in [-0.25, -0.2) is 4.98 Å². The van der Waals surface area contributed by atoms with Gasteiger partial charge in [0.15, 0.2) is 0 Å². The van der Waals surface area contributed by atoms with Crippen molar-refractivity contribution < 1.29 is 9.47 Å². The van der Waals surface area contributed by atoms with Crippen LogP contribution in [-0.2, 0) is 11.2 Å². The topological polar surface area (TPSA) is 42.8 Å². The summed E-state index contributed by atoms with van der Waals surface area (Å²) in [4.78, 5) is 9.45. The summed E-state index contributed by atoms with van der Waals surface area (Å²) in [6.07, 6.45) is 9.20. The molecule has 0 bridgehead atoms. The van der Waals surface area contributed by atoms with Crippen molar-refractivity contribution in [3.05, 3.63) is 72.2 Å². The van der Waals surface area contributed by atoms with Gasteiger partial charge in [-0.15, -0.1) is 0 Å². The number of nitrogens with zero attached hydrogens (tertiary/aromatic N) is 4. The molecule has 2 aromatic heterocycles. The Labute approximate surface area is 190 Å². The molecule has 0 spiro atoms. The number of rotatable bonds is 6. The number of benzene rings is 1. The molecule has 2 fully saturated rings. The smallest absolute Gasteiger partial charge is 0.213 e. The van der Waals surface area contributed by atoms with Gasteiger partial charge in [-0.3, -0.25) is 0 Å². The number of ether oxygens (including phenoxy) is 2. The number of hydrogen-bond donors (Lipinski definition) is 0. The van der Waals surface area contributed by atoms with E-state index in [1.165, 1.54) is 16.8 Å². The van der Waals surface area contributed by atoms with Crippen molar-refractivity contribution in [1.29, 1.82) is 0 Å². The molecule has 0 unspecified atom stereocenters. The Bertz CT molecular complexity index is 1000. The molecular formula is C26H32N4O2. The van der Waals surface area contributed by atoms with E-state index >= 15 is 0 Å². The monoisotopic (exact) mass is 432 g/mol. The average molecular weight is 433 g/mol. The van der Waals surface area contributed by atoms with Crippen molar-refractivity contribution >= 4 is 5.69 Å². The van der Waals surface area contributed by atoms with E-state index in [0.29, 0.717) is 5.88 Å². The third-order valence-electron chi connectivity index (χ3n) is 6.46. The quantitative estimate of drug-likeness (QED) is 0.593. The zero-order chi connectivity index (χ0) is 21.8. The summed E-state index contributed by atoms with van der Waals surface area (Å²) in [5.74, 6) is 0.689. The predicted octanol–water partition coefficient (Wildman–Crippen LogP) is 3.77. The van der Waals surface area contributed by atoms with Crippen molar-refractivity contribution in [1.82, 2.24) is 14.5 Å². The molecule has 2 aliphatic heterocycles. The third-order valence-corrected chi connectivity index (χ3v) is 6.46. The van der Waals surface area contributed by atoms with Crippen molar-refractivity contribution in [3.63, 3.8) is 0 Å². The lowest BCUT2D eigenvalue weighted by Gasteiger charge is -2.35. The van der Waals surface area contributed by atoms with Crippen molar-refractivity contribution in [3.8, 4) is 11.6 Å². The van der Waals surface area contributed by atoms with Gasteiger partial charge >= 0.3 is 0 Å². The minimum Gasteiger partial charge on any atom is -0.474 e. The molecular weight excluding hydrogens is 400 g/mol. The van der Waals surface area contributed by atoms with Gasteiger partial charge in [-0.2, -0.15) is 0 Å². The van der Waals surface area contributed by atoms with Crippen molar-refractivity contribution in [2.45, 2.75) is 25.4 Å². The Morgan fingerprint density at radius 1 is 1.00 bits per heavy atom.